The number of ether oxygens (including phenoxy) is 2. The number of nitrogens with one attached hydrogen (secondary N) is 1. The number of amides is 1. The van der Waals surface area contributed by atoms with Crippen molar-refractivity contribution in [3.05, 3.63) is 23.8 Å². The molecule has 0 aliphatic carbocycles. The zero-order valence-electron chi connectivity index (χ0n) is 9.98. The van der Waals surface area contributed by atoms with Crippen LogP contribution in [0.5, 0.6) is 11.5 Å². The van der Waals surface area contributed by atoms with Crippen molar-refractivity contribution in [2.75, 3.05) is 14.2 Å². The van der Waals surface area contributed by atoms with Crippen LogP contribution in [0.15, 0.2) is 18.2 Å². The van der Waals surface area contributed by atoms with E-state index in [2.05, 4.69) is 5.32 Å². The Labute approximate surface area is 100.0 Å². The topological polar surface area (TPSA) is 71.3 Å². The van der Waals surface area contributed by atoms with Crippen LogP contribution in [0.1, 0.15) is 18.5 Å². The molecule has 17 heavy (non-hydrogen) atoms. The molecule has 1 N–H and O–H groups in total. The zero-order valence-corrected chi connectivity index (χ0v) is 9.98. The Morgan fingerprint density at radius 3 is 2.47 bits per heavy atom. The monoisotopic (exact) mass is 234 g/mol. The molecule has 1 unspecified atom stereocenters. The van der Waals surface area contributed by atoms with Gasteiger partial charge < -0.3 is 14.8 Å². The molecule has 0 saturated carbocycles. The van der Waals surface area contributed by atoms with Crippen LogP contribution >= 0.6 is 0 Å². The molecule has 5 heteroatoms. The molecule has 1 aromatic rings. The van der Waals surface area contributed by atoms with Gasteiger partial charge >= 0.3 is 0 Å². The minimum Gasteiger partial charge on any atom is -0.493 e. The lowest BCUT2D eigenvalue weighted by atomic mass is 10.1. The highest BCUT2D eigenvalue weighted by molar-refractivity contribution is 5.74. The maximum Gasteiger partial charge on any atom is 0.218 e. The van der Waals surface area contributed by atoms with Crippen LogP contribution in [0, 0.1) is 11.3 Å². The molecule has 0 fully saturated rings. The number of carbonyl (C=O) groups excluding carboxylic acids is 1. The first-order valence-corrected chi connectivity index (χ1v) is 5.01. The maximum absolute atomic E-state index is 10.9. The molecule has 0 aromatic heterocycles. The smallest absolute Gasteiger partial charge is 0.218 e. The van der Waals surface area contributed by atoms with Crippen LogP contribution in [0.3, 0.4) is 0 Å². The molecule has 0 saturated heterocycles. The van der Waals surface area contributed by atoms with E-state index in [4.69, 9.17) is 14.7 Å². The van der Waals surface area contributed by atoms with E-state index in [0.29, 0.717) is 17.1 Å². The fourth-order valence-electron chi connectivity index (χ4n) is 1.43. The summed E-state index contributed by atoms with van der Waals surface area (Å²) in [6, 6.07) is 6.40. The van der Waals surface area contributed by atoms with Gasteiger partial charge in [-0.05, 0) is 17.7 Å². The van der Waals surface area contributed by atoms with E-state index in [9.17, 15) is 4.79 Å². The average Bonchev–Trinajstić information content (AvgIpc) is 2.34. The third-order valence-electron chi connectivity index (χ3n) is 2.22. The molecule has 1 amide bonds. The maximum atomic E-state index is 10.9. The molecular formula is C12H14N2O3. The number of carbonyl (C=O) groups is 1. The van der Waals surface area contributed by atoms with Crippen LogP contribution < -0.4 is 14.8 Å². The Kier molecular flexibility index (Phi) is 4.35. The highest BCUT2D eigenvalue weighted by atomic mass is 16.5. The van der Waals surface area contributed by atoms with Gasteiger partial charge in [-0.15, -0.1) is 0 Å². The van der Waals surface area contributed by atoms with Crippen molar-refractivity contribution in [3.63, 3.8) is 0 Å². The third-order valence-corrected chi connectivity index (χ3v) is 2.22. The minimum absolute atomic E-state index is 0.258. The number of benzene rings is 1. The molecule has 5 nitrogen and oxygen atoms in total. The molecule has 0 heterocycles. The second kappa shape index (κ2) is 5.75. The normalized spacial score (nSPS) is 11.2. The largest absolute Gasteiger partial charge is 0.493 e. The van der Waals surface area contributed by atoms with Gasteiger partial charge in [0.2, 0.25) is 5.91 Å². The molecule has 0 bridgehead atoms. The Balaban J connectivity index is 3.05. The highest BCUT2D eigenvalue weighted by Crippen LogP contribution is 2.29. The van der Waals surface area contributed by atoms with E-state index >= 15 is 0 Å². The minimum atomic E-state index is -0.688. The van der Waals surface area contributed by atoms with Gasteiger partial charge in [0.15, 0.2) is 11.5 Å². The molecule has 1 rings (SSSR count). The lowest BCUT2D eigenvalue weighted by molar-refractivity contribution is -0.119. The molecule has 0 radical (unpaired) electrons. The quantitative estimate of drug-likeness (QED) is 0.854. The molecule has 90 valence electrons. The molecule has 1 atom stereocenters. The average molecular weight is 234 g/mol. The van der Waals surface area contributed by atoms with E-state index < -0.39 is 6.04 Å². The number of hydrogen-bond acceptors (Lipinski definition) is 4. The Bertz CT molecular complexity index is 452. The standard InChI is InChI=1S/C12H14N2O3/c1-8(15)14-10(7-13)9-4-5-11(16-2)12(6-9)17-3/h4-6,10H,1-3H3,(H,14,15). The molecule has 0 spiro atoms. The second-order valence-electron chi connectivity index (χ2n) is 3.38. The van der Waals surface area contributed by atoms with E-state index in [1.165, 1.54) is 21.1 Å². The van der Waals surface area contributed by atoms with Crippen molar-refractivity contribution in [1.82, 2.24) is 5.32 Å². The van der Waals surface area contributed by atoms with Crippen LogP contribution in [0.4, 0.5) is 0 Å². The summed E-state index contributed by atoms with van der Waals surface area (Å²) >= 11 is 0. The van der Waals surface area contributed by atoms with Gasteiger partial charge in [0.1, 0.15) is 6.04 Å². The summed E-state index contributed by atoms with van der Waals surface area (Å²) in [6.45, 7) is 1.37. The summed E-state index contributed by atoms with van der Waals surface area (Å²) in [5.41, 5.74) is 0.653. The van der Waals surface area contributed by atoms with Crippen molar-refractivity contribution in [3.8, 4) is 17.6 Å². The number of methoxy groups -OCH3 is 2. The van der Waals surface area contributed by atoms with Crippen LogP contribution in [-0.2, 0) is 4.79 Å². The fraction of sp³-hybridized carbons (Fsp3) is 0.333. The summed E-state index contributed by atoms with van der Waals surface area (Å²) in [5.74, 6) is 0.845. The second-order valence-corrected chi connectivity index (χ2v) is 3.38. The summed E-state index contributed by atoms with van der Waals surface area (Å²) in [7, 11) is 3.05. The number of nitrogens with zero attached hydrogens (tertiary/aromatic N) is 1. The number of nitriles is 1. The van der Waals surface area contributed by atoms with Gasteiger partial charge in [-0.1, -0.05) is 6.07 Å². The Morgan fingerprint density at radius 2 is 2.00 bits per heavy atom. The predicted octanol–water partition coefficient (Wildman–Crippen LogP) is 1.40. The van der Waals surface area contributed by atoms with Gasteiger partial charge in [0.25, 0.3) is 0 Å². The van der Waals surface area contributed by atoms with Crippen LogP contribution in [-0.4, -0.2) is 20.1 Å². The Morgan fingerprint density at radius 1 is 1.35 bits per heavy atom. The van der Waals surface area contributed by atoms with Gasteiger partial charge in [-0.2, -0.15) is 5.26 Å². The first-order valence-electron chi connectivity index (χ1n) is 5.01. The SMILES string of the molecule is COc1ccc(C(C#N)NC(C)=O)cc1OC. The predicted molar refractivity (Wildman–Crippen MR) is 61.7 cm³/mol. The van der Waals surface area contributed by atoms with Gasteiger partial charge in [0.05, 0.1) is 20.3 Å². The number of rotatable bonds is 4. The molecule has 0 aliphatic rings. The van der Waals surface area contributed by atoms with Gasteiger partial charge in [-0.3, -0.25) is 4.79 Å². The van der Waals surface area contributed by atoms with Crippen LogP contribution in [0.25, 0.3) is 0 Å². The summed E-state index contributed by atoms with van der Waals surface area (Å²) in [5, 5.41) is 11.5. The highest BCUT2D eigenvalue weighted by Gasteiger charge is 2.14. The zero-order chi connectivity index (χ0) is 12.8. The van der Waals surface area contributed by atoms with Crippen molar-refractivity contribution in [1.29, 1.82) is 5.26 Å². The first-order chi connectivity index (χ1) is 8.12. The van der Waals surface area contributed by atoms with E-state index in [0.717, 1.165) is 0 Å². The molecular weight excluding hydrogens is 220 g/mol. The lowest BCUT2D eigenvalue weighted by Gasteiger charge is -2.13. The Hall–Kier alpha value is -2.22. The summed E-state index contributed by atoms with van der Waals surface area (Å²) in [4.78, 5) is 10.9. The van der Waals surface area contributed by atoms with Gasteiger partial charge in [-0.25, -0.2) is 0 Å². The van der Waals surface area contributed by atoms with E-state index in [1.807, 2.05) is 6.07 Å². The summed E-state index contributed by atoms with van der Waals surface area (Å²) in [6.07, 6.45) is 0. The van der Waals surface area contributed by atoms with Crippen molar-refractivity contribution < 1.29 is 14.3 Å². The van der Waals surface area contributed by atoms with Gasteiger partial charge in [0, 0.05) is 6.92 Å². The first kappa shape index (κ1) is 12.8. The molecule has 1 aromatic carbocycles. The summed E-state index contributed by atoms with van der Waals surface area (Å²) < 4.78 is 10.2. The van der Waals surface area contributed by atoms with Crippen molar-refractivity contribution in [2.24, 2.45) is 0 Å². The van der Waals surface area contributed by atoms with Crippen molar-refractivity contribution in [2.45, 2.75) is 13.0 Å². The molecule has 0 aliphatic heterocycles. The fourth-order valence-corrected chi connectivity index (χ4v) is 1.43. The number of hydrogen-bond donors (Lipinski definition) is 1. The lowest BCUT2D eigenvalue weighted by Crippen LogP contribution is -2.24. The van der Waals surface area contributed by atoms with E-state index in [1.54, 1.807) is 18.2 Å². The van der Waals surface area contributed by atoms with Crippen molar-refractivity contribution >= 4 is 5.91 Å². The third kappa shape index (κ3) is 3.11. The van der Waals surface area contributed by atoms with E-state index in [-0.39, 0.29) is 5.91 Å². The van der Waals surface area contributed by atoms with Crippen LogP contribution in [0.2, 0.25) is 0 Å².